The largest absolute Gasteiger partial charge is 0.453 e. The molecule has 1 aliphatic heterocycles. The van der Waals surface area contributed by atoms with Gasteiger partial charge in [0.25, 0.3) is 5.91 Å². The van der Waals surface area contributed by atoms with E-state index in [-0.39, 0.29) is 12.5 Å². The molecule has 3 rings (SSSR count). The van der Waals surface area contributed by atoms with Gasteiger partial charge in [-0.1, -0.05) is 30.3 Å². The highest BCUT2D eigenvalue weighted by Crippen LogP contribution is 2.28. The van der Waals surface area contributed by atoms with Crippen molar-refractivity contribution < 1.29 is 14.3 Å². The third kappa shape index (κ3) is 3.22. The summed E-state index contributed by atoms with van der Waals surface area (Å²) in [6.07, 6.45) is 3.08. The van der Waals surface area contributed by atoms with E-state index in [1.54, 1.807) is 12.1 Å². The summed E-state index contributed by atoms with van der Waals surface area (Å²) >= 11 is 0. The predicted molar refractivity (Wildman–Crippen MR) is 83.6 cm³/mol. The van der Waals surface area contributed by atoms with Gasteiger partial charge in [-0.25, -0.2) is 0 Å². The van der Waals surface area contributed by atoms with Crippen molar-refractivity contribution in [1.29, 1.82) is 0 Å². The molecule has 1 aromatic heterocycles. The summed E-state index contributed by atoms with van der Waals surface area (Å²) in [4.78, 5) is 14.3. The first-order valence-corrected chi connectivity index (χ1v) is 7.81. The number of aliphatic hydroxyl groups is 1. The van der Waals surface area contributed by atoms with E-state index in [0.29, 0.717) is 17.4 Å². The van der Waals surface area contributed by atoms with Crippen LogP contribution in [0.3, 0.4) is 0 Å². The first-order valence-electron chi connectivity index (χ1n) is 7.81. The molecule has 1 saturated heterocycles. The van der Waals surface area contributed by atoms with Crippen LogP contribution in [0.15, 0.2) is 46.9 Å². The minimum absolute atomic E-state index is 0.0755. The summed E-state index contributed by atoms with van der Waals surface area (Å²) in [5.74, 6) is 1.19. The van der Waals surface area contributed by atoms with Crippen LogP contribution in [0.25, 0.3) is 0 Å². The van der Waals surface area contributed by atoms with Crippen molar-refractivity contribution in [2.75, 3.05) is 13.1 Å². The minimum Gasteiger partial charge on any atom is -0.453 e. The number of nitrogens with zero attached hydrogens (tertiary/aromatic N) is 1. The van der Waals surface area contributed by atoms with Crippen LogP contribution < -0.4 is 0 Å². The molecule has 22 heavy (non-hydrogen) atoms. The van der Waals surface area contributed by atoms with Gasteiger partial charge in [0.1, 0.15) is 12.4 Å². The quantitative estimate of drug-likeness (QED) is 0.947. The van der Waals surface area contributed by atoms with E-state index in [9.17, 15) is 4.79 Å². The number of amides is 1. The molecule has 0 radical (unpaired) electrons. The molecule has 116 valence electrons. The maximum absolute atomic E-state index is 12.5. The van der Waals surface area contributed by atoms with Crippen molar-refractivity contribution in [3.8, 4) is 0 Å². The Balaban J connectivity index is 1.66. The third-order valence-corrected chi connectivity index (χ3v) is 4.31. The van der Waals surface area contributed by atoms with E-state index in [2.05, 4.69) is 24.3 Å². The lowest BCUT2D eigenvalue weighted by Crippen LogP contribution is -2.31. The minimum atomic E-state index is -0.177. The second-order valence-corrected chi connectivity index (χ2v) is 5.75. The average Bonchev–Trinajstić information content (AvgIpc) is 2.92. The number of carbonyl (C=O) groups is 1. The highest BCUT2D eigenvalue weighted by molar-refractivity contribution is 5.91. The fourth-order valence-corrected chi connectivity index (χ4v) is 3.09. The molecule has 2 aromatic rings. The van der Waals surface area contributed by atoms with Crippen LogP contribution in [0, 0.1) is 0 Å². The Labute approximate surface area is 130 Å². The summed E-state index contributed by atoms with van der Waals surface area (Å²) in [5.41, 5.74) is 1.36. The summed E-state index contributed by atoms with van der Waals surface area (Å²) in [6, 6.07) is 13.8. The molecule has 1 aromatic carbocycles. The van der Waals surface area contributed by atoms with Gasteiger partial charge in [0, 0.05) is 13.1 Å². The second-order valence-electron chi connectivity index (χ2n) is 5.75. The van der Waals surface area contributed by atoms with Crippen molar-refractivity contribution >= 4 is 5.91 Å². The molecule has 0 saturated carbocycles. The second kappa shape index (κ2) is 6.79. The van der Waals surface area contributed by atoms with E-state index >= 15 is 0 Å². The van der Waals surface area contributed by atoms with Gasteiger partial charge in [-0.05, 0) is 42.9 Å². The summed E-state index contributed by atoms with van der Waals surface area (Å²) < 4.78 is 5.36. The van der Waals surface area contributed by atoms with E-state index in [4.69, 9.17) is 9.52 Å². The molecule has 1 N–H and O–H groups in total. The molecule has 0 aliphatic carbocycles. The van der Waals surface area contributed by atoms with E-state index in [1.807, 2.05) is 11.0 Å². The standard InChI is InChI=1S/C18H21NO3/c20-13-16-8-9-17(22-16)18(21)19-11-4-7-15(10-12-19)14-5-2-1-3-6-14/h1-3,5-6,8-9,15,20H,4,7,10-13H2. The number of rotatable bonds is 3. The van der Waals surface area contributed by atoms with Crippen LogP contribution in [0.1, 0.15) is 47.1 Å². The van der Waals surface area contributed by atoms with Crippen molar-refractivity contribution in [3.63, 3.8) is 0 Å². The topological polar surface area (TPSA) is 53.7 Å². The third-order valence-electron chi connectivity index (χ3n) is 4.31. The van der Waals surface area contributed by atoms with Gasteiger partial charge in [-0.3, -0.25) is 4.79 Å². The van der Waals surface area contributed by atoms with Gasteiger partial charge in [0.05, 0.1) is 0 Å². The zero-order valence-corrected chi connectivity index (χ0v) is 12.6. The Kier molecular flexibility index (Phi) is 4.59. The normalized spacial score (nSPS) is 19.0. The Hall–Kier alpha value is -2.07. The van der Waals surface area contributed by atoms with E-state index < -0.39 is 0 Å². The van der Waals surface area contributed by atoms with Crippen LogP contribution in [-0.2, 0) is 6.61 Å². The lowest BCUT2D eigenvalue weighted by molar-refractivity contribution is 0.0724. The van der Waals surface area contributed by atoms with E-state index in [0.717, 1.165) is 32.4 Å². The smallest absolute Gasteiger partial charge is 0.289 e. The number of hydrogen-bond acceptors (Lipinski definition) is 3. The molecular formula is C18H21NO3. The summed E-state index contributed by atoms with van der Waals surface area (Å²) in [7, 11) is 0. The fraction of sp³-hybridized carbons (Fsp3) is 0.389. The first-order chi connectivity index (χ1) is 10.8. The highest BCUT2D eigenvalue weighted by Gasteiger charge is 2.24. The molecule has 1 aliphatic rings. The van der Waals surface area contributed by atoms with E-state index in [1.165, 1.54) is 5.56 Å². The maximum Gasteiger partial charge on any atom is 0.289 e. The average molecular weight is 299 g/mol. The van der Waals surface area contributed by atoms with Crippen LogP contribution in [0.2, 0.25) is 0 Å². The fourth-order valence-electron chi connectivity index (χ4n) is 3.09. The van der Waals surface area contributed by atoms with Crippen molar-refractivity contribution in [2.45, 2.75) is 31.8 Å². The van der Waals surface area contributed by atoms with Crippen molar-refractivity contribution in [1.82, 2.24) is 4.90 Å². The lowest BCUT2D eigenvalue weighted by atomic mass is 9.92. The monoisotopic (exact) mass is 299 g/mol. The Morgan fingerprint density at radius 1 is 1.14 bits per heavy atom. The summed E-state index contributed by atoms with van der Waals surface area (Å²) in [5, 5.41) is 9.03. The first kappa shape index (κ1) is 14.9. The molecule has 0 bridgehead atoms. The van der Waals surface area contributed by atoms with Gasteiger partial charge in [-0.15, -0.1) is 0 Å². The molecule has 1 amide bonds. The lowest BCUT2D eigenvalue weighted by Gasteiger charge is -2.19. The number of hydrogen-bond donors (Lipinski definition) is 1. The van der Waals surface area contributed by atoms with Gasteiger partial charge < -0.3 is 14.4 Å². The Morgan fingerprint density at radius 3 is 2.68 bits per heavy atom. The number of likely N-dealkylation sites (tertiary alicyclic amines) is 1. The molecule has 4 heteroatoms. The van der Waals surface area contributed by atoms with Crippen LogP contribution >= 0.6 is 0 Å². The maximum atomic E-state index is 12.5. The molecular weight excluding hydrogens is 278 g/mol. The number of benzene rings is 1. The van der Waals surface area contributed by atoms with Crippen LogP contribution in [-0.4, -0.2) is 29.0 Å². The van der Waals surface area contributed by atoms with Gasteiger partial charge in [-0.2, -0.15) is 0 Å². The highest BCUT2D eigenvalue weighted by atomic mass is 16.4. The Morgan fingerprint density at radius 2 is 1.95 bits per heavy atom. The van der Waals surface area contributed by atoms with Gasteiger partial charge in [0.2, 0.25) is 0 Å². The zero-order chi connectivity index (χ0) is 15.4. The molecule has 1 unspecified atom stereocenters. The zero-order valence-electron chi connectivity index (χ0n) is 12.6. The molecule has 4 nitrogen and oxygen atoms in total. The number of furan rings is 1. The van der Waals surface area contributed by atoms with Gasteiger partial charge >= 0.3 is 0 Å². The molecule has 0 spiro atoms. The molecule has 1 fully saturated rings. The number of carbonyl (C=O) groups excluding carboxylic acids is 1. The van der Waals surface area contributed by atoms with Crippen LogP contribution in [0.4, 0.5) is 0 Å². The molecule has 1 atom stereocenters. The SMILES string of the molecule is O=C(c1ccc(CO)o1)N1CCCC(c2ccccc2)CC1. The Bertz CT molecular complexity index is 620. The molecule has 2 heterocycles. The van der Waals surface area contributed by atoms with Crippen molar-refractivity contribution in [3.05, 3.63) is 59.5 Å². The van der Waals surface area contributed by atoms with Crippen LogP contribution in [0.5, 0.6) is 0 Å². The van der Waals surface area contributed by atoms with Crippen molar-refractivity contribution in [2.24, 2.45) is 0 Å². The predicted octanol–water partition coefficient (Wildman–Crippen LogP) is 3.18. The number of aliphatic hydroxyl groups excluding tert-OH is 1. The van der Waals surface area contributed by atoms with Gasteiger partial charge in [0.15, 0.2) is 5.76 Å². The summed E-state index contributed by atoms with van der Waals surface area (Å²) in [6.45, 7) is 1.33.